The number of aliphatic hydroxyl groups excluding tert-OH is 1. The van der Waals surface area contributed by atoms with Crippen molar-refractivity contribution in [2.45, 2.75) is 62.8 Å². The molecule has 2 aromatic rings. The molecule has 3 aliphatic carbocycles. The van der Waals surface area contributed by atoms with Crippen LogP contribution < -0.4 is 4.74 Å². The number of benzene rings is 2. The molecule has 3 nitrogen and oxygen atoms in total. The molecule has 28 heavy (non-hydrogen) atoms. The fourth-order valence-corrected chi connectivity index (χ4v) is 5.83. The first-order valence-corrected chi connectivity index (χ1v) is 10.8. The van der Waals surface area contributed by atoms with Crippen LogP contribution in [0.3, 0.4) is 0 Å². The summed E-state index contributed by atoms with van der Waals surface area (Å²) in [5.41, 5.74) is 4.75. The maximum Gasteiger partial charge on any atom is 0.121 e. The third-order valence-electron chi connectivity index (χ3n) is 7.27. The predicted molar refractivity (Wildman–Crippen MR) is 108 cm³/mol. The molecule has 1 aliphatic heterocycles. The molecule has 1 N–H and O–H groups in total. The van der Waals surface area contributed by atoms with E-state index >= 15 is 0 Å². The van der Waals surface area contributed by atoms with Gasteiger partial charge in [0, 0.05) is 11.4 Å². The summed E-state index contributed by atoms with van der Waals surface area (Å²) in [4.78, 5) is 0. The van der Waals surface area contributed by atoms with Crippen LogP contribution in [-0.2, 0) is 16.8 Å². The van der Waals surface area contributed by atoms with Crippen molar-refractivity contribution in [3.8, 4) is 5.75 Å². The fraction of sp³-hybridized carbons (Fsp3) is 0.500. The number of aliphatic hydroxyl groups is 1. The van der Waals surface area contributed by atoms with E-state index in [1.165, 1.54) is 35.1 Å². The van der Waals surface area contributed by atoms with Crippen LogP contribution in [0.25, 0.3) is 0 Å². The number of ether oxygens (including phenoxy) is 2. The molecule has 0 radical (unpaired) electrons. The van der Waals surface area contributed by atoms with Crippen LogP contribution in [0.15, 0.2) is 36.4 Å². The molecule has 2 saturated carbocycles. The van der Waals surface area contributed by atoms with Crippen LogP contribution >= 0.6 is 11.6 Å². The minimum atomic E-state index is -0.309. The van der Waals surface area contributed by atoms with E-state index in [1.807, 2.05) is 25.1 Å². The monoisotopic (exact) mass is 396 g/mol. The molecule has 1 heterocycles. The van der Waals surface area contributed by atoms with Crippen molar-refractivity contribution in [2.24, 2.45) is 5.41 Å². The van der Waals surface area contributed by atoms with Crippen molar-refractivity contribution in [1.82, 2.24) is 0 Å². The third-order valence-corrected chi connectivity index (χ3v) is 7.62. The molecular weight excluding hydrogens is 372 g/mol. The summed E-state index contributed by atoms with van der Waals surface area (Å²) in [7, 11) is 0. The standard InChI is InChI=1S/C24H25ClO3/c1-2-27-16-5-3-15(4-6-16)11-17-19(25)8-7-18-21(17)24(18)14-22(9-10-22)13-23(28-24)12-20(23)26/h3-8,20,26H,2,9-14H2,1H3/t20-,23+,24?/m0/s1. The Kier molecular flexibility index (Phi) is 3.42. The lowest BCUT2D eigenvalue weighted by Crippen LogP contribution is -2.38. The summed E-state index contributed by atoms with van der Waals surface area (Å²) in [6, 6.07) is 12.4. The van der Waals surface area contributed by atoms with E-state index in [1.54, 1.807) is 0 Å². The molecule has 4 heteroatoms. The van der Waals surface area contributed by atoms with E-state index in [2.05, 4.69) is 18.2 Å². The van der Waals surface area contributed by atoms with E-state index in [-0.39, 0.29) is 17.3 Å². The van der Waals surface area contributed by atoms with Crippen LogP contribution in [0.5, 0.6) is 5.75 Å². The Hall–Kier alpha value is -1.55. The summed E-state index contributed by atoms with van der Waals surface area (Å²) in [6.07, 6.45) is 5.89. The van der Waals surface area contributed by atoms with Gasteiger partial charge in [0.1, 0.15) is 11.4 Å². The molecule has 3 fully saturated rings. The number of halogens is 1. The summed E-state index contributed by atoms with van der Waals surface area (Å²) < 4.78 is 12.3. The highest BCUT2D eigenvalue weighted by atomic mass is 35.5. The number of fused-ring (bicyclic) bond motifs is 3. The van der Waals surface area contributed by atoms with Gasteiger partial charge in [0.2, 0.25) is 0 Å². The first-order chi connectivity index (χ1) is 13.5. The molecule has 0 aromatic heterocycles. The van der Waals surface area contributed by atoms with Crippen LogP contribution in [0.2, 0.25) is 5.02 Å². The van der Waals surface area contributed by atoms with E-state index in [9.17, 15) is 5.11 Å². The number of hydrogen-bond donors (Lipinski definition) is 1. The Morgan fingerprint density at radius 3 is 2.54 bits per heavy atom. The normalized spacial score (nSPS) is 33.2. The van der Waals surface area contributed by atoms with Crippen LogP contribution in [-0.4, -0.2) is 23.4 Å². The van der Waals surface area contributed by atoms with Crippen LogP contribution in [0.4, 0.5) is 0 Å². The van der Waals surface area contributed by atoms with Gasteiger partial charge in [-0.3, -0.25) is 0 Å². The van der Waals surface area contributed by atoms with Gasteiger partial charge in [0.05, 0.1) is 18.3 Å². The molecule has 1 unspecified atom stereocenters. The van der Waals surface area contributed by atoms with Crippen molar-refractivity contribution >= 4 is 11.6 Å². The lowest BCUT2D eigenvalue weighted by atomic mass is 9.84. The maximum absolute atomic E-state index is 10.3. The Bertz CT molecular complexity index is 965. The zero-order chi connectivity index (χ0) is 19.1. The molecule has 0 bridgehead atoms. The van der Waals surface area contributed by atoms with Gasteiger partial charge in [-0.25, -0.2) is 0 Å². The molecule has 6 rings (SSSR count). The quantitative estimate of drug-likeness (QED) is 0.792. The Morgan fingerprint density at radius 1 is 1.14 bits per heavy atom. The number of rotatable bonds is 4. The van der Waals surface area contributed by atoms with Gasteiger partial charge < -0.3 is 14.6 Å². The van der Waals surface area contributed by atoms with Crippen molar-refractivity contribution in [2.75, 3.05) is 6.61 Å². The molecule has 0 amide bonds. The van der Waals surface area contributed by atoms with E-state index in [4.69, 9.17) is 21.1 Å². The lowest BCUT2D eigenvalue weighted by molar-refractivity contribution is -0.139. The van der Waals surface area contributed by atoms with Gasteiger partial charge in [-0.2, -0.15) is 0 Å². The Labute approximate surface area is 170 Å². The van der Waals surface area contributed by atoms with E-state index in [0.717, 1.165) is 36.5 Å². The van der Waals surface area contributed by atoms with Gasteiger partial charge in [-0.05, 0) is 84.9 Å². The average molecular weight is 397 g/mol. The van der Waals surface area contributed by atoms with Gasteiger partial charge in [0.25, 0.3) is 0 Å². The molecule has 4 aliphatic rings. The van der Waals surface area contributed by atoms with Gasteiger partial charge in [-0.1, -0.05) is 29.8 Å². The minimum Gasteiger partial charge on any atom is -0.494 e. The SMILES string of the molecule is CCOc1ccc(Cc2c(Cl)ccc3c2C32CC3(CC3)C[C@@]3(C[C@@H]3O)O2)cc1. The van der Waals surface area contributed by atoms with Crippen molar-refractivity contribution < 1.29 is 14.6 Å². The van der Waals surface area contributed by atoms with E-state index in [0.29, 0.717) is 12.0 Å². The van der Waals surface area contributed by atoms with Crippen molar-refractivity contribution in [3.05, 3.63) is 63.7 Å². The van der Waals surface area contributed by atoms with Crippen LogP contribution in [0, 0.1) is 5.41 Å². The zero-order valence-electron chi connectivity index (χ0n) is 16.1. The molecule has 1 saturated heterocycles. The average Bonchev–Trinajstić information content (AvgIpc) is 3.62. The lowest BCUT2D eigenvalue weighted by Gasteiger charge is -2.37. The van der Waals surface area contributed by atoms with Gasteiger partial charge in [-0.15, -0.1) is 0 Å². The summed E-state index contributed by atoms with van der Waals surface area (Å²) in [6.45, 7) is 2.67. The smallest absolute Gasteiger partial charge is 0.121 e. The summed E-state index contributed by atoms with van der Waals surface area (Å²) in [5, 5.41) is 11.1. The second-order valence-corrected chi connectivity index (χ2v) is 9.68. The highest BCUT2D eigenvalue weighted by Crippen LogP contribution is 2.74. The molecule has 2 aromatic carbocycles. The largest absolute Gasteiger partial charge is 0.494 e. The Balaban J connectivity index is 1.34. The maximum atomic E-state index is 10.3. The second-order valence-electron chi connectivity index (χ2n) is 9.27. The summed E-state index contributed by atoms with van der Waals surface area (Å²) >= 11 is 6.67. The second kappa shape index (κ2) is 5.53. The van der Waals surface area contributed by atoms with Crippen LogP contribution in [0.1, 0.15) is 61.3 Å². The molecule has 3 atom stereocenters. The minimum absolute atomic E-state index is 0.302. The molecular formula is C24H25ClO3. The first kappa shape index (κ1) is 17.3. The molecule has 146 valence electrons. The highest BCUT2D eigenvalue weighted by molar-refractivity contribution is 6.31. The third kappa shape index (κ3) is 2.43. The van der Waals surface area contributed by atoms with Gasteiger partial charge in [0.15, 0.2) is 0 Å². The number of hydrogen-bond acceptors (Lipinski definition) is 3. The van der Waals surface area contributed by atoms with Crippen molar-refractivity contribution in [3.63, 3.8) is 0 Å². The summed E-state index contributed by atoms with van der Waals surface area (Å²) in [5.74, 6) is 0.897. The first-order valence-electron chi connectivity index (χ1n) is 10.4. The Morgan fingerprint density at radius 2 is 1.89 bits per heavy atom. The fourth-order valence-electron chi connectivity index (χ4n) is 5.60. The highest BCUT2D eigenvalue weighted by Gasteiger charge is 2.73. The topological polar surface area (TPSA) is 38.7 Å². The van der Waals surface area contributed by atoms with E-state index < -0.39 is 0 Å². The van der Waals surface area contributed by atoms with Gasteiger partial charge >= 0.3 is 0 Å². The zero-order valence-corrected chi connectivity index (χ0v) is 16.9. The van der Waals surface area contributed by atoms with Crippen molar-refractivity contribution in [1.29, 1.82) is 0 Å². The predicted octanol–water partition coefficient (Wildman–Crippen LogP) is 4.98. The molecule has 3 spiro atoms.